The number of halogens is 1. The van der Waals surface area contributed by atoms with Gasteiger partial charge in [0.1, 0.15) is 12.2 Å². The molecular weight excluding hydrogens is 219 g/mol. The van der Waals surface area contributed by atoms with Gasteiger partial charge in [-0.05, 0) is 6.07 Å². The minimum atomic E-state index is -3.11. The molecule has 3 N–H and O–H groups in total. The minimum absolute atomic E-state index is 0.0848. The predicted octanol–water partition coefficient (Wildman–Crippen LogP) is -1.07. The molecule has 1 aliphatic heterocycles. The summed E-state index contributed by atoms with van der Waals surface area (Å²) in [5.41, 5.74) is 0. The number of aromatic nitrogens is 2. The monoisotopic (exact) mass is 230 g/mol. The molecule has 2 rings (SSSR count). The van der Waals surface area contributed by atoms with E-state index < -0.39 is 24.2 Å². The number of aliphatic hydroxyl groups excluding tert-OH is 2. The van der Waals surface area contributed by atoms with Gasteiger partial charge in [-0.2, -0.15) is 0 Å². The summed E-state index contributed by atoms with van der Waals surface area (Å²) in [7, 11) is 0. The Kier molecular flexibility index (Phi) is 2.85. The van der Waals surface area contributed by atoms with Crippen LogP contribution in [0.15, 0.2) is 18.5 Å². The van der Waals surface area contributed by atoms with E-state index in [-0.39, 0.29) is 12.4 Å². The number of nitrogens with zero attached hydrogens (tertiary/aromatic N) is 2. The molecule has 0 radical (unpaired) electrons. The normalized spacial score (nSPS) is 39.6. The molecular formula is C9H11FN2O4. The van der Waals surface area contributed by atoms with Gasteiger partial charge >= 0.3 is 0 Å². The van der Waals surface area contributed by atoms with E-state index in [9.17, 15) is 14.6 Å². The molecule has 0 aromatic carbocycles. The van der Waals surface area contributed by atoms with Crippen LogP contribution in [0.1, 0.15) is 11.9 Å². The first-order chi connectivity index (χ1) is 7.53. The highest BCUT2D eigenvalue weighted by Crippen LogP contribution is 2.36. The van der Waals surface area contributed by atoms with Crippen LogP contribution in [0.2, 0.25) is 0 Å². The molecule has 1 aliphatic rings. The maximum absolute atomic E-state index is 13.8. The molecule has 88 valence electrons. The van der Waals surface area contributed by atoms with Crippen LogP contribution in [-0.4, -0.2) is 50.0 Å². The fourth-order valence-electron chi connectivity index (χ4n) is 1.53. The Hall–Kier alpha value is -1.15. The van der Waals surface area contributed by atoms with Gasteiger partial charge in [-0.25, -0.2) is 14.4 Å². The number of hydrogen-bond donors (Lipinski definition) is 3. The minimum Gasteiger partial charge on any atom is -0.388 e. The first-order valence-corrected chi connectivity index (χ1v) is 4.69. The zero-order chi connectivity index (χ0) is 11.8. The molecule has 0 aliphatic carbocycles. The van der Waals surface area contributed by atoms with Gasteiger partial charge in [-0.1, -0.05) is 0 Å². The first kappa shape index (κ1) is 11.3. The van der Waals surface area contributed by atoms with Gasteiger partial charge in [0.25, 0.3) is 5.85 Å². The highest BCUT2D eigenvalue weighted by atomic mass is 19.2. The molecule has 0 amide bonds. The summed E-state index contributed by atoms with van der Waals surface area (Å²) in [6, 6.07) is 1.52. The number of rotatable bonds is 1. The lowest BCUT2D eigenvalue weighted by atomic mass is 9.97. The van der Waals surface area contributed by atoms with Crippen molar-refractivity contribution in [2.24, 2.45) is 0 Å². The van der Waals surface area contributed by atoms with Crippen LogP contribution in [0.25, 0.3) is 0 Å². The first-order valence-electron chi connectivity index (χ1n) is 4.69. The summed E-state index contributed by atoms with van der Waals surface area (Å²) in [5, 5.41) is 27.9. The quantitative estimate of drug-likeness (QED) is 0.568. The Balaban J connectivity index is 2.29. The Bertz CT molecular complexity index is 362. The SMILES string of the molecule is O[C@@H]1COC(c2ncccn2)[C@](O)(F)[C@@H]1O. The number of ether oxygens (including phenoxy) is 1. The van der Waals surface area contributed by atoms with Crippen LogP contribution in [0.3, 0.4) is 0 Å². The summed E-state index contributed by atoms with van der Waals surface area (Å²) < 4.78 is 18.7. The Labute approximate surface area is 90.4 Å². The zero-order valence-electron chi connectivity index (χ0n) is 8.19. The van der Waals surface area contributed by atoms with E-state index in [1.165, 1.54) is 18.5 Å². The lowest BCUT2D eigenvalue weighted by Gasteiger charge is -2.38. The summed E-state index contributed by atoms with van der Waals surface area (Å²) in [6.07, 6.45) is -2.21. The van der Waals surface area contributed by atoms with Crippen LogP contribution >= 0.6 is 0 Å². The molecule has 1 fully saturated rings. The van der Waals surface area contributed by atoms with Crippen molar-refractivity contribution in [2.75, 3.05) is 6.61 Å². The van der Waals surface area contributed by atoms with Crippen molar-refractivity contribution >= 4 is 0 Å². The molecule has 7 heteroatoms. The molecule has 1 unspecified atom stereocenters. The molecule has 16 heavy (non-hydrogen) atoms. The van der Waals surface area contributed by atoms with Crippen molar-refractivity contribution in [2.45, 2.75) is 24.2 Å². The highest BCUT2D eigenvalue weighted by molar-refractivity contribution is 5.04. The molecule has 1 aromatic rings. The molecule has 2 heterocycles. The molecule has 6 nitrogen and oxygen atoms in total. The lowest BCUT2D eigenvalue weighted by Crippen LogP contribution is -2.56. The fraction of sp³-hybridized carbons (Fsp3) is 0.556. The second-order valence-corrected chi connectivity index (χ2v) is 3.56. The number of hydrogen-bond acceptors (Lipinski definition) is 6. The highest BCUT2D eigenvalue weighted by Gasteiger charge is 2.53. The van der Waals surface area contributed by atoms with Crippen molar-refractivity contribution in [1.29, 1.82) is 0 Å². The fourth-order valence-corrected chi connectivity index (χ4v) is 1.53. The van der Waals surface area contributed by atoms with Crippen molar-refractivity contribution in [3.8, 4) is 0 Å². The zero-order valence-corrected chi connectivity index (χ0v) is 8.19. The maximum atomic E-state index is 13.8. The van der Waals surface area contributed by atoms with E-state index in [0.29, 0.717) is 0 Å². The van der Waals surface area contributed by atoms with Gasteiger partial charge < -0.3 is 20.1 Å². The second-order valence-electron chi connectivity index (χ2n) is 3.56. The molecule has 1 aromatic heterocycles. The Morgan fingerprint density at radius 1 is 1.38 bits per heavy atom. The molecule has 0 spiro atoms. The van der Waals surface area contributed by atoms with E-state index in [4.69, 9.17) is 9.84 Å². The predicted molar refractivity (Wildman–Crippen MR) is 48.8 cm³/mol. The van der Waals surface area contributed by atoms with Gasteiger partial charge in [0.05, 0.1) is 6.61 Å². The third-order valence-corrected chi connectivity index (χ3v) is 2.40. The van der Waals surface area contributed by atoms with E-state index >= 15 is 0 Å². The van der Waals surface area contributed by atoms with Crippen LogP contribution in [0.5, 0.6) is 0 Å². The molecule has 0 saturated carbocycles. The van der Waals surface area contributed by atoms with Gasteiger partial charge in [0.2, 0.25) is 0 Å². The molecule has 1 saturated heterocycles. The Morgan fingerprint density at radius 3 is 2.62 bits per heavy atom. The van der Waals surface area contributed by atoms with Crippen LogP contribution in [0.4, 0.5) is 4.39 Å². The van der Waals surface area contributed by atoms with Crippen molar-refractivity contribution in [3.05, 3.63) is 24.3 Å². The average Bonchev–Trinajstić information content (AvgIpc) is 2.27. The summed E-state index contributed by atoms with van der Waals surface area (Å²) in [5.74, 6) is -3.20. The maximum Gasteiger partial charge on any atom is 0.269 e. The smallest absolute Gasteiger partial charge is 0.269 e. The summed E-state index contributed by atoms with van der Waals surface area (Å²) >= 11 is 0. The van der Waals surface area contributed by atoms with Crippen LogP contribution in [0, 0.1) is 0 Å². The standard InChI is InChI=1S/C9H11FN2O4/c10-9(15)6(14)5(13)4-16-7(9)8-11-2-1-3-12-8/h1-3,5-7,13-15H,4H2/t5-,6-,7?,9+/m1/s1. The van der Waals surface area contributed by atoms with Crippen molar-refractivity contribution in [3.63, 3.8) is 0 Å². The third kappa shape index (κ3) is 1.78. The van der Waals surface area contributed by atoms with Gasteiger partial charge in [-0.3, -0.25) is 0 Å². The topological polar surface area (TPSA) is 95.7 Å². The van der Waals surface area contributed by atoms with Gasteiger partial charge in [0, 0.05) is 12.4 Å². The van der Waals surface area contributed by atoms with E-state index in [1.807, 2.05) is 0 Å². The second kappa shape index (κ2) is 4.02. The molecule has 0 bridgehead atoms. The summed E-state index contributed by atoms with van der Waals surface area (Å²) in [4.78, 5) is 7.46. The van der Waals surface area contributed by atoms with Gasteiger partial charge in [-0.15, -0.1) is 0 Å². The number of aliphatic hydroxyl groups is 3. The molecule has 4 atom stereocenters. The third-order valence-electron chi connectivity index (χ3n) is 2.40. The summed E-state index contributed by atoms with van der Waals surface area (Å²) in [6.45, 7) is -0.295. The van der Waals surface area contributed by atoms with E-state index in [2.05, 4.69) is 9.97 Å². The van der Waals surface area contributed by atoms with E-state index in [1.54, 1.807) is 0 Å². The lowest BCUT2D eigenvalue weighted by molar-refractivity contribution is -0.302. The van der Waals surface area contributed by atoms with Crippen molar-refractivity contribution in [1.82, 2.24) is 9.97 Å². The van der Waals surface area contributed by atoms with E-state index in [0.717, 1.165) is 0 Å². The largest absolute Gasteiger partial charge is 0.388 e. The number of alkyl halides is 1. The average molecular weight is 230 g/mol. The Morgan fingerprint density at radius 2 is 2.00 bits per heavy atom. The van der Waals surface area contributed by atoms with Crippen LogP contribution in [-0.2, 0) is 4.74 Å². The van der Waals surface area contributed by atoms with Crippen molar-refractivity contribution < 1.29 is 24.4 Å². The van der Waals surface area contributed by atoms with Crippen LogP contribution < -0.4 is 0 Å². The van der Waals surface area contributed by atoms with Gasteiger partial charge in [0.15, 0.2) is 11.9 Å².